The molecule has 1 atom stereocenters. The molecular formula is C12H25NO. The highest BCUT2D eigenvalue weighted by atomic mass is 16.5. The van der Waals surface area contributed by atoms with Gasteiger partial charge in [0.25, 0.3) is 0 Å². The van der Waals surface area contributed by atoms with Gasteiger partial charge < -0.3 is 4.74 Å². The largest absolute Gasteiger partial charge is 0.383 e. The number of likely N-dealkylation sites (tertiary alicyclic amines) is 1. The summed E-state index contributed by atoms with van der Waals surface area (Å²) in [5, 5.41) is 0. The van der Waals surface area contributed by atoms with Crippen LogP contribution in [-0.4, -0.2) is 37.7 Å². The van der Waals surface area contributed by atoms with Gasteiger partial charge in [0.05, 0.1) is 6.61 Å². The molecule has 1 aliphatic heterocycles. The highest BCUT2D eigenvalue weighted by Gasteiger charge is 2.25. The van der Waals surface area contributed by atoms with E-state index >= 15 is 0 Å². The van der Waals surface area contributed by atoms with E-state index in [0.717, 1.165) is 6.61 Å². The van der Waals surface area contributed by atoms with E-state index in [2.05, 4.69) is 25.7 Å². The second-order valence-corrected chi connectivity index (χ2v) is 5.60. The zero-order chi connectivity index (χ0) is 10.6. The van der Waals surface area contributed by atoms with E-state index in [-0.39, 0.29) is 0 Å². The lowest BCUT2D eigenvalue weighted by Crippen LogP contribution is -2.35. The summed E-state index contributed by atoms with van der Waals surface area (Å²) in [7, 11) is 1.81. The van der Waals surface area contributed by atoms with Gasteiger partial charge in [-0.25, -0.2) is 0 Å². The molecule has 84 valence electrons. The average molecular weight is 199 g/mol. The van der Waals surface area contributed by atoms with Gasteiger partial charge in [-0.1, -0.05) is 20.8 Å². The van der Waals surface area contributed by atoms with E-state index in [4.69, 9.17) is 4.74 Å². The summed E-state index contributed by atoms with van der Waals surface area (Å²) in [6, 6.07) is 0.683. The molecule has 0 aromatic carbocycles. The Morgan fingerprint density at radius 1 is 1.36 bits per heavy atom. The van der Waals surface area contributed by atoms with Crippen molar-refractivity contribution in [3.05, 3.63) is 0 Å². The molecule has 14 heavy (non-hydrogen) atoms. The van der Waals surface area contributed by atoms with Gasteiger partial charge in [-0.2, -0.15) is 0 Å². The van der Waals surface area contributed by atoms with Crippen LogP contribution in [0.15, 0.2) is 0 Å². The number of ether oxygens (including phenoxy) is 1. The van der Waals surface area contributed by atoms with Crippen molar-refractivity contribution < 1.29 is 4.74 Å². The van der Waals surface area contributed by atoms with Crippen molar-refractivity contribution in [3.63, 3.8) is 0 Å². The summed E-state index contributed by atoms with van der Waals surface area (Å²) in [4.78, 5) is 2.59. The molecule has 0 aromatic heterocycles. The average Bonchev–Trinajstić information content (AvgIpc) is 2.48. The molecule has 0 amide bonds. The van der Waals surface area contributed by atoms with Crippen LogP contribution in [0.1, 0.15) is 40.0 Å². The van der Waals surface area contributed by atoms with Crippen molar-refractivity contribution in [2.24, 2.45) is 5.41 Å². The predicted octanol–water partition coefficient (Wildman–Crippen LogP) is 2.53. The van der Waals surface area contributed by atoms with Crippen molar-refractivity contribution in [1.29, 1.82) is 0 Å². The molecule has 0 aliphatic carbocycles. The molecule has 2 nitrogen and oxygen atoms in total. The fourth-order valence-electron chi connectivity index (χ4n) is 2.05. The first-order valence-corrected chi connectivity index (χ1v) is 5.76. The lowest BCUT2D eigenvalue weighted by molar-refractivity contribution is 0.108. The third kappa shape index (κ3) is 3.97. The Bertz CT molecular complexity index is 162. The Hall–Kier alpha value is -0.0800. The molecular weight excluding hydrogens is 174 g/mol. The zero-order valence-corrected chi connectivity index (χ0v) is 10.2. The van der Waals surface area contributed by atoms with E-state index in [1.165, 1.54) is 32.4 Å². The third-order valence-corrected chi connectivity index (χ3v) is 3.01. The van der Waals surface area contributed by atoms with Crippen molar-refractivity contribution in [2.75, 3.05) is 26.8 Å². The van der Waals surface area contributed by atoms with Crippen LogP contribution in [0.2, 0.25) is 0 Å². The maximum absolute atomic E-state index is 5.25. The Morgan fingerprint density at radius 2 is 2.07 bits per heavy atom. The summed E-state index contributed by atoms with van der Waals surface area (Å²) in [5.41, 5.74) is 0.459. The van der Waals surface area contributed by atoms with Crippen molar-refractivity contribution >= 4 is 0 Å². The summed E-state index contributed by atoms with van der Waals surface area (Å²) in [6.07, 6.45) is 3.95. The van der Waals surface area contributed by atoms with E-state index < -0.39 is 0 Å². The first kappa shape index (κ1) is 12.0. The maximum Gasteiger partial charge on any atom is 0.0618 e. The lowest BCUT2D eigenvalue weighted by atomic mass is 9.92. The number of methoxy groups -OCH3 is 1. The summed E-state index contributed by atoms with van der Waals surface area (Å²) >= 11 is 0. The zero-order valence-electron chi connectivity index (χ0n) is 10.2. The fraction of sp³-hybridized carbons (Fsp3) is 1.00. The standard InChI is InChI=1S/C12H25NO/c1-12(2,3)7-9-13-8-5-6-11(13)10-14-4/h11H,5-10H2,1-4H3. The highest BCUT2D eigenvalue weighted by Crippen LogP contribution is 2.23. The van der Waals surface area contributed by atoms with E-state index in [0.29, 0.717) is 11.5 Å². The van der Waals surface area contributed by atoms with Gasteiger partial charge in [-0.05, 0) is 37.8 Å². The Balaban J connectivity index is 2.29. The normalized spacial score (nSPS) is 24.4. The molecule has 1 fully saturated rings. The van der Waals surface area contributed by atoms with Crippen LogP contribution in [0.3, 0.4) is 0 Å². The van der Waals surface area contributed by atoms with Crippen molar-refractivity contribution in [1.82, 2.24) is 4.90 Å². The monoisotopic (exact) mass is 199 g/mol. The smallest absolute Gasteiger partial charge is 0.0618 e. The van der Waals surface area contributed by atoms with Crippen molar-refractivity contribution in [3.8, 4) is 0 Å². The second kappa shape index (κ2) is 5.13. The SMILES string of the molecule is COCC1CCCN1CCC(C)(C)C. The van der Waals surface area contributed by atoms with Gasteiger partial charge in [0.1, 0.15) is 0 Å². The minimum atomic E-state index is 0.459. The van der Waals surface area contributed by atoms with Gasteiger partial charge in [0, 0.05) is 13.2 Å². The summed E-state index contributed by atoms with van der Waals surface area (Å²) in [6.45, 7) is 10.4. The molecule has 1 aliphatic rings. The minimum absolute atomic E-state index is 0.459. The van der Waals surface area contributed by atoms with Crippen molar-refractivity contribution in [2.45, 2.75) is 46.1 Å². The summed E-state index contributed by atoms with van der Waals surface area (Å²) in [5.74, 6) is 0. The molecule has 0 aromatic rings. The molecule has 1 unspecified atom stereocenters. The molecule has 0 N–H and O–H groups in total. The van der Waals surface area contributed by atoms with Gasteiger partial charge in [0.15, 0.2) is 0 Å². The van der Waals surface area contributed by atoms with Crippen LogP contribution in [0.25, 0.3) is 0 Å². The third-order valence-electron chi connectivity index (χ3n) is 3.01. The van der Waals surface area contributed by atoms with Crippen LogP contribution < -0.4 is 0 Å². The first-order chi connectivity index (χ1) is 6.53. The maximum atomic E-state index is 5.25. The minimum Gasteiger partial charge on any atom is -0.383 e. The molecule has 1 heterocycles. The number of hydrogen-bond donors (Lipinski definition) is 0. The van der Waals surface area contributed by atoms with Gasteiger partial charge in [0.2, 0.25) is 0 Å². The van der Waals surface area contributed by atoms with Crippen LogP contribution in [-0.2, 0) is 4.74 Å². The van der Waals surface area contributed by atoms with Crippen LogP contribution in [0, 0.1) is 5.41 Å². The molecule has 1 saturated heterocycles. The molecule has 1 rings (SSSR count). The first-order valence-electron chi connectivity index (χ1n) is 5.76. The lowest BCUT2D eigenvalue weighted by Gasteiger charge is -2.27. The molecule has 0 spiro atoms. The molecule has 2 heteroatoms. The van der Waals surface area contributed by atoms with Gasteiger partial charge in [-0.15, -0.1) is 0 Å². The number of rotatable bonds is 4. The van der Waals surface area contributed by atoms with Crippen LogP contribution >= 0.6 is 0 Å². The highest BCUT2D eigenvalue weighted by molar-refractivity contribution is 4.79. The fourth-order valence-corrected chi connectivity index (χ4v) is 2.05. The Labute approximate surface area is 88.6 Å². The van der Waals surface area contributed by atoms with E-state index in [1.807, 2.05) is 0 Å². The van der Waals surface area contributed by atoms with Gasteiger partial charge in [-0.3, -0.25) is 4.90 Å². The quantitative estimate of drug-likeness (QED) is 0.690. The summed E-state index contributed by atoms with van der Waals surface area (Å²) < 4.78 is 5.25. The Kier molecular flexibility index (Phi) is 4.39. The topological polar surface area (TPSA) is 12.5 Å². The second-order valence-electron chi connectivity index (χ2n) is 5.60. The molecule has 0 saturated carbocycles. The number of hydrogen-bond acceptors (Lipinski definition) is 2. The predicted molar refractivity (Wildman–Crippen MR) is 60.5 cm³/mol. The van der Waals surface area contributed by atoms with E-state index in [9.17, 15) is 0 Å². The molecule has 0 bridgehead atoms. The number of nitrogens with zero attached hydrogens (tertiary/aromatic N) is 1. The van der Waals surface area contributed by atoms with Crippen LogP contribution in [0.5, 0.6) is 0 Å². The van der Waals surface area contributed by atoms with Gasteiger partial charge >= 0.3 is 0 Å². The van der Waals surface area contributed by atoms with Crippen LogP contribution in [0.4, 0.5) is 0 Å². The van der Waals surface area contributed by atoms with E-state index in [1.54, 1.807) is 7.11 Å². The molecule has 0 radical (unpaired) electrons. The Morgan fingerprint density at radius 3 is 2.64 bits per heavy atom.